The molecule has 0 bridgehead atoms. The van der Waals surface area contributed by atoms with Crippen molar-refractivity contribution in [2.45, 2.75) is 102 Å². The van der Waals surface area contributed by atoms with Gasteiger partial charge in [0.2, 0.25) is 0 Å². The predicted molar refractivity (Wildman–Crippen MR) is 230 cm³/mol. The van der Waals surface area contributed by atoms with Crippen LogP contribution in [0.2, 0.25) is 10.1 Å². The summed E-state index contributed by atoms with van der Waals surface area (Å²) in [5, 5.41) is 33.6. The zero-order valence-corrected chi connectivity index (χ0v) is 36.4. The lowest BCUT2D eigenvalue weighted by molar-refractivity contribution is 0.00504. The second-order valence-electron chi connectivity index (χ2n) is 18.4. The summed E-state index contributed by atoms with van der Waals surface area (Å²) in [7, 11) is -5.58. The maximum absolute atomic E-state index is 15.6. The van der Waals surface area contributed by atoms with E-state index in [1.165, 1.54) is 6.08 Å². The molecule has 4 aromatic carbocycles. The van der Waals surface area contributed by atoms with Crippen LogP contribution in [-0.4, -0.2) is 75.3 Å². The van der Waals surface area contributed by atoms with Crippen molar-refractivity contribution in [3.63, 3.8) is 0 Å². The van der Waals surface area contributed by atoms with Crippen molar-refractivity contribution in [3.05, 3.63) is 134 Å². The summed E-state index contributed by atoms with van der Waals surface area (Å²) < 4.78 is 44.5. The minimum absolute atomic E-state index is 0.0261. The molecule has 3 N–H and O–H groups in total. The van der Waals surface area contributed by atoms with Crippen molar-refractivity contribution in [3.8, 4) is 0 Å². The highest BCUT2D eigenvalue weighted by molar-refractivity contribution is 7.00. The van der Waals surface area contributed by atoms with Crippen LogP contribution in [0.5, 0.6) is 0 Å². The van der Waals surface area contributed by atoms with Gasteiger partial charge in [-0.3, -0.25) is 0 Å². The van der Waals surface area contributed by atoms with E-state index >= 15 is 8.78 Å². The van der Waals surface area contributed by atoms with Crippen LogP contribution in [0.4, 0.5) is 8.78 Å². The number of hydrogen-bond acceptors (Lipinski definition) is 5. The monoisotopic (exact) mass is 800 g/mol. The number of halogens is 2. The van der Waals surface area contributed by atoms with Crippen LogP contribution in [0.3, 0.4) is 0 Å². The van der Waals surface area contributed by atoms with Crippen LogP contribution >= 0.6 is 0 Å². The van der Waals surface area contributed by atoms with Gasteiger partial charge in [-0.15, -0.1) is 6.58 Å². The number of benzene rings is 4. The Morgan fingerprint density at radius 3 is 1.16 bits per heavy atom. The van der Waals surface area contributed by atoms with E-state index in [4.69, 9.17) is 8.85 Å². The first kappa shape index (κ1) is 43.8. The number of alkyl halides is 2. The Bertz CT molecular complexity index is 1810. The Hall–Kier alpha value is -3.29. The SMILES string of the molecule is C=C[C@@H](O)[C@]1(C)C[C@]1(F)CO[Si](c1ccccc1)(c1ccccc1)C(C)(C)C.CC(C)(C)[Si](OC[C@@]1(F)C[C@@]1(C)[C@H](O)CO)(c1ccccc1)c1ccccc1. The maximum atomic E-state index is 15.6. The summed E-state index contributed by atoms with van der Waals surface area (Å²) >= 11 is 0. The van der Waals surface area contributed by atoms with Gasteiger partial charge in [0.25, 0.3) is 16.6 Å². The normalized spacial score (nSPS) is 26.0. The number of aliphatic hydroxyl groups is 3. The van der Waals surface area contributed by atoms with Gasteiger partial charge in [-0.2, -0.15) is 0 Å². The van der Waals surface area contributed by atoms with Gasteiger partial charge in [0.1, 0.15) is 11.3 Å². The summed E-state index contributed by atoms with van der Waals surface area (Å²) in [6.07, 6.45) is -0.0596. The molecule has 4 aromatic rings. The lowest BCUT2D eigenvalue weighted by Crippen LogP contribution is -2.67. The average Bonchev–Trinajstić information content (AvgIpc) is 3.98. The van der Waals surface area contributed by atoms with Gasteiger partial charge in [0.05, 0.1) is 32.0 Å². The van der Waals surface area contributed by atoms with Gasteiger partial charge >= 0.3 is 0 Å². The van der Waals surface area contributed by atoms with Crippen molar-refractivity contribution in [2.75, 3.05) is 19.8 Å². The van der Waals surface area contributed by atoms with E-state index in [1.54, 1.807) is 13.8 Å². The summed E-state index contributed by atoms with van der Waals surface area (Å²) in [6.45, 7) is 19.5. The lowest BCUT2D eigenvalue weighted by atomic mass is 9.98. The molecule has 0 spiro atoms. The molecule has 6 atom stereocenters. The lowest BCUT2D eigenvalue weighted by Gasteiger charge is -2.43. The molecular formula is C47H62F2O5Si2. The number of hydrogen-bond donors (Lipinski definition) is 3. The third-order valence-electron chi connectivity index (χ3n) is 12.7. The molecule has 0 amide bonds. The highest BCUT2D eigenvalue weighted by Gasteiger charge is 2.71. The molecule has 56 heavy (non-hydrogen) atoms. The standard InChI is InChI=1S/C24H31FO2Si.C23H31FO3Si/c1-6-21(26)23(5)17-24(23,25)18-27-28(22(2,3)4,19-13-9-7-10-14-19)20-15-11-8-12-16-20;1-21(2,3)28(18-11-7-5-8-12-18,19-13-9-6-10-14-19)27-17-23(24)16-22(23,4)20(26)15-25/h6-16,21,26H,1,17-18H2,2-5H3;5-14,20,25-26H,15-17H2,1-4H3/t21-,23+,24+;20-,22+,23+/m11/s1. The highest BCUT2D eigenvalue weighted by Crippen LogP contribution is 2.63. The van der Waals surface area contributed by atoms with Gasteiger partial charge in [-0.05, 0) is 43.7 Å². The van der Waals surface area contributed by atoms with E-state index in [9.17, 15) is 15.3 Å². The fraction of sp³-hybridized carbons (Fsp3) is 0.447. The number of rotatable bonds is 14. The second-order valence-corrected chi connectivity index (χ2v) is 27.0. The molecule has 0 aromatic heterocycles. The van der Waals surface area contributed by atoms with Crippen molar-refractivity contribution in [1.82, 2.24) is 0 Å². The molecule has 0 radical (unpaired) electrons. The quantitative estimate of drug-likeness (QED) is 0.0925. The van der Waals surface area contributed by atoms with Crippen LogP contribution in [0.25, 0.3) is 0 Å². The molecule has 0 saturated heterocycles. The van der Waals surface area contributed by atoms with Crippen LogP contribution < -0.4 is 20.7 Å². The average molecular weight is 801 g/mol. The largest absolute Gasteiger partial charge is 0.404 e. The molecule has 5 nitrogen and oxygen atoms in total. The molecule has 2 aliphatic rings. The maximum Gasteiger partial charge on any atom is 0.261 e. The molecule has 0 aliphatic heterocycles. The van der Waals surface area contributed by atoms with E-state index in [-0.39, 0.29) is 36.1 Å². The summed E-state index contributed by atoms with van der Waals surface area (Å²) in [6, 6.07) is 40.7. The van der Waals surface area contributed by atoms with E-state index < -0.39 is 57.6 Å². The van der Waals surface area contributed by atoms with Gasteiger partial charge in [0, 0.05) is 10.8 Å². The Kier molecular flexibility index (Phi) is 12.6. The molecule has 0 heterocycles. The first-order valence-electron chi connectivity index (χ1n) is 19.7. The Labute approximate surface area is 335 Å². The first-order chi connectivity index (χ1) is 26.2. The van der Waals surface area contributed by atoms with Crippen molar-refractivity contribution >= 4 is 37.4 Å². The van der Waals surface area contributed by atoms with E-state index in [0.717, 1.165) is 20.7 Å². The Morgan fingerprint density at radius 2 is 0.893 bits per heavy atom. The predicted octanol–water partition coefficient (Wildman–Crippen LogP) is 7.26. The first-order valence-corrected chi connectivity index (χ1v) is 23.5. The molecule has 6 rings (SSSR count). The molecular weight excluding hydrogens is 739 g/mol. The van der Waals surface area contributed by atoms with Crippen LogP contribution in [0, 0.1) is 10.8 Å². The summed E-state index contributed by atoms with van der Waals surface area (Å²) in [5.74, 6) is 0. The molecule has 2 saturated carbocycles. The zero-order chi connectivity index (χ0) is 41.3. The zero-order valence-electron chi connectivity index (χ0n) is 34.4. The van der Waals surface area contributed by atoms with Gasteiger partial charge in [-0.25, -0.2) is 8.78 Å². The number of aliphatic hydroxyl groups excluding tert-OH is 3. The van der Waals surface area contributed by atoms with Crippen molar-refractivity contribution < 1.29 is 33.0 Å². The Balaban J connectivity index is 0.000000214. The van der Waals surface area contributed by atoms with Crippen LogP contribution in [0.1, 0.15) is 68.2 Å². The summed E-state index contributed by atoms with van der Waals surface area (Å²) in [4.78, 5) is 0. The van der Waals surface area contributed by atoms with Crippen LogP contribution in [0.15, 0.2) is 134 Å². The highest BCUT2D eigenvalue weighted by atomic mass is 28.4. The smallest absolute Gasteiger partial charge is 0.261 e. The third kappa shape index (κ3) is 7.81. The Morgan fingerprint density at radius 1 is 0.607 bits per heavy atom. The molecule has 0 unspecified atom stereocenters. The summed E-state index contributed by atoms with van der Waals surface area (Å²) in [5.41, 5.74) is -4.98. The molecule has 9 heteroatoms. The van der Waals surface area contributed by atoms with Crippen LogP contribution in [-0.2, 0) is 8.85 Å². The van der Waals surface area contributed by atoms with E-state index in [0.29, 0.717) is 0 Å². The fourth-order valence-corrected chi connectivity index (χ4v) is 17.9. The fourth-order valence-electron chi connectivity index (χ4n) is 8.72. The molecule has 302 valence electrons. The second kappa shape index (κ2) is 16.2. The van der Waals surface area contributed by atoms with E-state index in [1.807, 2.05) is 72.8 Å². The van der Waals surface area contributed by atoms with Gasteiger partial charge in [0.15, 0.2) is 0 Å². The van der Waals surface area contributed by atoms with Gasteiger partial charge in [-0.1, -0.05) is 183 Å². The van der Waals surface area contributed by atoms with Crippen molar-refractivity contribution in [1.29, 1.82) is 0 Å². The van der Waals surface area contributed by atoms with Crippen molar-refractivity contribution in [2.24, 2.45) is 10.8 Å². The van der Waals surface area contributed by atoms with E-state index in [2.05, 4.69) is 96.7 Å². The molecule has 2 fully saturated rings. The molecule has 2 aliphatic carbocycles. The van der Waals surface area contributed by atoms with Gasteiger partial charge < -0.3 is 24.2 Å². The third-order valence-corrected chi connectivity index (χ3v) is 22.7. The topological polar surface area (TPSA) is 79.2 Å². The minimum Gasteiger partial charge on any atom is -0.404 e. The minimum atomic E-state index is -2.81.